The molecule has 3 N–H and O–H groups in total. The monoisotopic (exact) mass is 328 g/mol. The normalized spacial score (nSPS) is 24.1. The average Bonchev–Trinajstić information content (AvgIpc) is 2.43. The Hall–Kier alpha value is -1.93. The number of benzene rings is 1. The molecule has 116 valence electrons. The Morgan fingerprint density at radius 1 is 1.36 bits per heavy atom. The molecular formula is C14H11F3N2O2S. The van der Waals surface area contributed by atoms with Crippen LogP contribution in [0.25, 0.3) is 0 Å². The molecule has 0 fully saturated rings. The molecule has 0 radical (unpaired) electrons. The van der Waals surface area contributed by atoms with Crippen LogP contribution in [0.3, 0.4) is 0 Å². The van der Waals surface area contributed by atoms with E-state index >= 15 is 0 Å². The van der Waals surface area contributed by atoms with E-state index < -0.39 is 24.2 Å². The van der Waals surface area contributed by atoms with Crippen LogP contribution in [0.5, 0.6) is 0 Å². The molecule has 2 aliphatic rings. The summed E-state index contributed by atoms with van der Waals surface area (Å²) in [6, 6.07) is 6.65. The maximum atomic E-state index is 13.1. The summed E-state index contributed by atoms with van der Waals surface area (Å²) < 4.78 is 39.3. The topological polar surface area (TPSA) is 66.6 Å². The highest BCUT2D eigenvalue weighted by Crippen LogP contribution is 2.50. The van der Waals surface area contributed by atoms with E-state index in [0.29, 0.717) is 10.6 Å². The lowest BCUT2D eigenvalue weighted by molar-refractivity contribution is -0.171. The second-order valence-electron chi connectivity index (χ2n) is 5.03. The fourth-order valence-corrected chi connectivity index (χ4v) is 3.59. The number of thioether (sulfide) groups is 1. The molecule has 0 saturated heterocycles. The zero-order chi connectivity index (χ0) is 16.1. The van der Waals surface area contributed by atoms with Gasteiger partial charge in [-0.2, -0.15) is 13.2 Å². The average molecular weight is 328 g/mol. The number of hydrogen-bond acceptors (Lipinski definition) is 3. The number of halogens is 3. The quantitative estimate of drug-likeness (QED) is 0.762. The fraction of sp³-hybridized carbons (Fsp3) is 0.214. The highest BCUT2D eigenvalue weighted by molar-refractivity contribution is 8.03. The van der Waals surface area contributed by atoms with Crippen molar-refractivity contribution in [1.82, 2.24) is 0 Å². The Morgan fingerprint density at radius 2 is 2.05 bits per heavy atom. The van der Waals surface area contributed by atoms with Crippen LogP contribution in [0.15, 0.2) is 51.9 Å². The number of hydrogen-bond donors (Lipinski definition) is 2. The van der Waals surface area contributed by atoms with Crippen molar-refractivity contribution in [3.05, 3.63) is 47.0 Å². The van der Waals surface area contributed by atoms with E-state index in [4.69, 9.17) is 5.73 Å². The van der Waals surface area contributed by atoms with E-state index in [-0.39, 0.29) is 10.6 Å². The Kier molecular flexibility index (Phi) is 3.26. The predicted molar refractivity (Wildman–Crippen MR) is 76.6 cm³/mol. The molecule has 8 heteroatoms. The van der Waals surface area contributed by atoms with E-state index in [9.17, 15) is 23.1 Å². The van der Waals surface area contributed by atoms with E-state index in [1.165, 1.54) is 6.08 Å². The Morgan fingerprint density at radius 3 is 2.68 bits per heavy atom. The van der Waals surface area contributed by atoms with Gasteiger partial charge >= 0.3 is 12.3 Å². The van der Waals surface area contributed by atoms with Gasteiger partial charge in [-0.25, -0.2) is 9.69 Å². The highest BCUT2D eigenvalue weighted by atomic mass is 32.2. The maximum absolute atomic E-state index is 13.1. The summed E-state index contributed by atoms with van der Waals surface area (Å²) in [5.74, 6) is 0. The zero-order valence-corrected chi connectivity index (χ0v) is 11.9. The van der Waals surface area contributed by atoms with Crippen LogP contribution in [-0.2, 0) is 0 Å². The largest absolute Gasteiger partial charge is 0.464 e. The van der Waals surface area contributed by atoms with Crippen molar-refractivity contribution >= 4 is 23.5 Å². The van der Waals surface area contributed by atoms with Crippen LogP contribution in [-0.4, -0.2) is 22.9 Å². The van der Waals surface area contributed by atoms with Gasteiger partial charge in [-0.3, -0.25) is 0 Å². The lowest BCUT2D eigenvalue weighted by atomic mass is 9.90. The molecule has 4 nitrogen and oxygen atoms in total. The van der Waals surface area contributed by atoms with E-state index in [1.54, 1.807) is 24.3 Å². The molecule has 0 saturated carbocycles. The van der Waals surface area contributed by atoms with Gasteiger partial charge in [0.2, 0.25) is 0 Å². The molecular weight excluding hydrogens is 317 g/mol. The smallest absolute Gasteiger partial charge is 0.416 e. The van der Waals surface area contributed by atoms with Gasteiger partial charge < -0.3 is 10.8 Å². The van der Waals surface area contributed by atoms with Crippen LogP contribution in [0.2, 0.25) is 0 Å². The third-order valence-electron chi connectivity index (χ3n) is 3.56. The van der Waals surface area contributed by atoms with Gasteiger partial charge in [-0.15, -0.1) is 0 Å². The van der Waals surface area contributed by atoms with Crippen molar-refractivity contribution in [2.24, 2.45) is 5.73 Å². The first-order chi connectivity index (χ1) is 10.2. The number of nitrogens with zero attached hydrogens (tertiary/aromatic N) is 1. The second-order valence-corrected chi connectivity index (χ2v) is 6.11. The van der Waals surface area contributed by atoms with Gasteiger partial charge in [0.1, 0.15) is 5.54 Å². The first-order valence-electron chi connectivity index (χ1n) is 6.32. The summed E-state index contributed by atoms with van der Waals surface area (Å²) in [5.41, 5.74) is 3.64. The summed E-state index contributed by atoms with van der Waals surface area (Å²) in [7, 11) is 0. The molecule has 0 bridgehead atoms. The molecule has 1 amide bonds. The van der Waals surface area contributed by atoms with Crippen molar-refractivity contribution in [2.75, 3.05) is 4.90 Å². The third-order valence-corrected chi connectivity index (χ3v) is 4.67. The minimum Gasteiger partial charge on any atom is -0.464 e. The number of nitrogens with two attached hydrogens (primary N) is 1. The van der Waals surface area contributed by atoms with Crippen LogP contribution in [0, 0.1) is 0 Å². The van der Waals surface area contributed by atoms with Gasteiger partial charge in [0.15, 0.2) is 0 Å². The predicted octanol–water partition coefficient (Wildman–Crippen LogP) is 3.71. The minimum atomic E-state index is -4.60. The second kappa shape index (κ2) is 4.79. The molecule has 0 spiro atoms. The van der Waals surface area contributed by atoms with E-state index in [2.05, 4.69) is 0 Å². The van der Waals surface area contributed by atoms with Crippen LogP contribution in [0.1, 0.15) is 6.42 Å². The third kappa shape index (κ3) is 2.19. The molecule has 3 rings (SSSR count). The number of para-hydroxylation sites is 1. The summed E-state index contributed by atoms with van der Waals surface area (Å²) in [4.78, 5) is 13.3. The molecule has 1 atom stereocenters. The number of carboxylic acid groups (broad SMARTS) is 1. The Bertz CT molecular complexity index is 714. The molecule has 0 aromatic heterocycles. The SMILES string of the molecule is NC1(C(F)(F)F)C=C2Sc3ccccc3N(C(=O)O)C2=CC1. The number of anilines is 1. The molecule has 22 heavy (non-hydrogen) atoms. The van der Waals surface area contributed by atoms with E-state index in [0.717, 1.165) is 22.7 Å². The van der Waals surface area contributed by atoms with Crippen molar-refractivity contribution in [1.29, 1.82) is 0 Å². The maximum Gasteiger partial charge on any atom is 0.416 e. The van der Waals surface area contributed by atoms with Crippen molar-refractivity contribution < 1.29 is 23.1 Å². The first-order valence-corrected chi connectivity index (χ1v) is 7.13. The van der Waals surface area contributed by atoms with Gasteiger partial charge in [-0.1, -0.05) is 30.0 Å². The summed E-state index contributed by atoms with van der Waals surface area (Å²) in [5, 5.41) is 9.41. The lowest BCUT2D eigenvalue weighted by Gasteiger charge is -2.37. The Balaban J connectivity index is 2.13. The number of fused-ring (bicyclic) bond motifs is 2. The van der Waals surface area contributed by atoms with Crippen LogP contribution >= 0.6 is 11.8 Å². The van der Waals surface area contributed by atoms with Crippen molar-refractivity contribution in [3.63, 3.8) is 0 Å². The van der Waals surface area contributed by atoms with Crippen LogP contribution in [0.4, 0.5) is 23.7 Å². The lowest BCUT2D eigenvalue weighted by Crippen LogP contribution is -2.53. The molecule has 1 aromatic carbocycles. The fourth-order valence-electron chi connectivity index (χ4n) is 2.40. The Labute approximate surface area is 128 Å². The standard InChI is InChI=1S/C14H11F3N2O2S/c15-14(16,17)13(18)6-5-9-11(7-13)22-10-4-2-1-3-8(10)19(9)12(20)21/h1-5,7H,6,18H2,(H,20,21). The van der Waals surface area contributed by atoms with Gasteiger partial charge in [-0.05, 0) is 24.6 Å². The molecule has 1 aliphatic carbocycles. The van der Waals surface area contributed by atoms with Crippen molar-refractivity contribution in [3.8, 4) is 0 Å². The van der Waals surface area contributed by atoms with Gasteiger partial charge in [0.05, 0.1) is 11.4 Å². The van der Waals surface area contributed by atoms with E-state index in [1.807, 2.05) is 0 Å². The molecule has 1 aromatic rings. The first kappa shape index (κ1) is 15.0. The molecule has 1 aliphatic heterocycles. The summed E-state index contributed by atoms with van der Waals surface area (Å²) in [6.45, 7) is 0. The summed E-state index contributed by atoms with van der Waals surface area (Å²) in [6.07, 6.45) is -4.20. The van der Waals surface area contributed by atoms with Crippen molar-refractivity contribution in [2.45, 2.75) is 23.0 Å². The highest BCUT2D eigenvalue weighted by Gasteiger charge is 2.52. The number of alkyl halides is 3. The summed E-state index contributed by atoms with van der Waals surface area (Å²) >= 11 is 1.09. The van der Waals surface area contributed by atoms with Gasteiger partial charge in [0.25, 0.3) is 0 Å². The number of carbonyl (C=O) groups is 1. The number of rotatable bonds is 0. The number of amides is 1. The van der Waals surface area contributed by atoms with Crippen LogP contribution < -0.4 is 10.6 Å². The van der Waals surface area contributed by atoms with Gasteiger partial charge in [0, 0.05) is 9.80 Å². The molecule has 1 heterocycles. The molecule has 1 unspecified atom stereocenters. The minimum absolute atomic E-state index is 0.201. The zero-order valence-electron chi connectivity index (χ0n) is 11.1.